The van der Waals surface area contributed by atoms with Gasteiger partial charge in [-0.1, -0.05) is 11.6 Å². The number of pyridine rings is 1. The highest BCUT2D eigenvalue weighted by molar-refractivity contribution is 7.19. The van der Waals surface area contributed by atoms with Gasteiger partial charge in [-0.3, -0.25) is 19.5 Å². The van der Waals surface area contributed by atoms with E-state index in [-0.39, 0.29) is 18.4 Å². The molecule has 0 unspecified atom stereocenters. The van der Waals surface area contributed by atoms with Crippen LogP contribution in [0.15, 0.2) is 53.9 Å². The molecule has 1 N–H and O–H groups in total. The predicted octanol–water partition coefficient (Wildman–Crippen LogP) is 6.20. The molecule has 0 spiro atoms. The van der Waals surface area contributed by atoms with Crippen molar-refractivity contribution in [2.24, 2.45) is 5.41 Å². The third-order valence-corrected chi connectivity index (χ3v) is 10.00. The molecule has 40 heavy (non-hydrogen) atoms. The van der Waals surface area contributed by atoms with Gasteiger partial charge >= 0.3 is 0 Å². The number of amides is 2. The van der Waals surface area contributed by atoms with Gasteiger partial charge in [-0.25, -0.2) is 0 Å². The zero-order chi connectivity index (χ0) is 27.4. The Morgan fingerprint density at radius 3 is 2.52 bits per heavy atom. The maximum atomic E-state index is 13.1. The van der Waals surface area contributed by atoms with E-state index >= 15 is 0 Å². The molecule has 0 atom stereocenters. The highest BCUT2D eigenvalue weighted by Gasteiger charge is 2.39. The number of hydrogen-bond donors (Lipinski definition) is 1. The van der Waals surface area contributed by atoms with Crippen LogP contribution < -0.4 is 5.32 Å². The number of benzene rings is 1. The van der Waals surface area contributed by atoms with Crippen molar-refractivity contribution >= 4 is 55.9 Å². The molecule has 1 aromatic carbocycles. The summed E-state index contributed by atoms with van der Waals surface area (Å²) in [5, 5.41) is 15.2. The van der Waals surface area contributed by atoms with Crippen LogP contribution in [0.3, 0.4) is 0 Å². The van der Waals surface area contributed by atoms with Crippen molar-refractivity contribution in [3.05, 3.63) is 63.8 Å². The Balaban J connectivity index is 1.28. The molecule has 2 amide bonds. The Labute approximate surface area is 241 Å². The van der Waals surface area contributed by atoms with Crippen LogP contribution in [0.25, 0.3) is 32.2 Å². The molecular formula is C31H28ClN5O2S. The molecule has 1 aliphatic carbocycles. The van der Waals surface area contributed by atoms with Crippen LogP contribution >= 0.6 is 22.9 Å². The van der Waals surface area contributed by atoms with Crippen molar-refractivity contribution in [2.75, 3.05) is 13.1 Å². The summed E-state index contributed by atoms with van der Waals surface area (Å²) < 4.78 is 3.19. The van der Waals surface area contributed by atoms with Crippen LogP contribution in [0.2, 0.25) is 5.02 Å². The fourth-order valence-electron chi connectivity index (χ4n) is 6.56. The van der Waals surface area contributed by atoms with Crippen LogP contribution in [0, 0.1) is 16.7 Å². The zero-order valence-corrected chi connectivity index (χ0v) is 23.6. The number of halogens is 1. The van der Waals surface area contributed by atoms with E-state index in [1.54, 1.807) is 17.5 Å². The lowest BCUT2D eigenvalue weighted by molar-refractivity contribution is -0.138. The largest absolute Gasteiger partial charge is 0.345 e. The van der Waals surface area contributed by atoms with Crippen LogP contribution in [-0.2, 0) is 22.7 Å². The van der Waals surface area contributed by atoms with Gasteiger partial charge in [0.15, 0.2) is 0 Å². The van der Waals surface area contributed by atoms with Crippen molar-refractivity contribution in [1.29, 1.82) is 5.26 Å². The Morgan fingerprint density at radius 2 is 1.80 bits per heavy atom. The standard InChI is InChI=1S/C31H28ClN5O2S/c32-20-13-19-6-12-36(18-31(17-33)7-10-34-11-8-31)27(19)25(14-20)22-5-9-35-26-15-21(40-28(22)26)16-37-29(38)23-3-1-2-4-24(23)30(37)39/h5-6,9,12-15,34H,1-4,7-8,10-11,16,18H2. The summed E-state index contributed by atoms with van der Waals surface area (Å²) in [4.78, 5) is 33.1. The van der Waals surface area contributed by atoms with Gasteiger partial charge in [0.1, 0.15) is 0 Å². The summed E-state index contributed by atoms with van der Waals surface area (Å²) >= 11 is 8.19. The normalized spacial score (nSPS) is 19.1. The van der Waals surface area contributed by atoms with Gasteiger partial charge in [-0.2, -0.15) is 5.26 Å². The number of aromatic nitrogens is 2. The van der Waals surface area contributed by atoms with Gasteiger partial charge < -0.3 is 9.88 Å². The second kappa shape index (κ2) is 9.84. The molecular weight excluding hydrogens is 542 g/mol. The molecule has 1 fully saturated rings. The molecule has 5 heterocycles. The van der Waals surface area contributed by atoms with Gasteiger partial charge in [0, 0.05) is 56.5 Å². The van der Waals surface area contributed by atoms with E-state index in [2.05, 4.69) is 33.2 Å². The number of nitrogens with one attached hydrogen (secondary N) is 1. The Hall–Kier alpha value is -3.51. The Kier molecular flexibility index (Phi) is 6.26. The molecule has 7 rings (SSSR count). The molecule has 4 aromatic rings. The molecule has 9 heteroatoms. The number of rotatable bonds is 5. The minimum atomic E-state index is -0.417. The lowest BCUT2D eigenvalue weighted by Gasteiger charge is -2.32. The van der Waals surface area contributed by atoms with E-state index < -0.39 is 5.41 Å². The Bertz CT molecular complexity index is 1740. The predicted molar refractivity (Wildman–Crippen MR) is 157 cm³/mol. The van der Waals surface area contributed by atoms with Crippen LogP contribution in [0.5, 0.6) is 0 Å². The monoisotopic (exact) mass is 569 g/mol. The first-order valence-electron chi connectivity index (χ1n) is 13.8. The first kappa shape index (κ1) is 25.5. The van der Waals surface area contributed by atoms with E-state index in [1.807, 2.05) is 24.3 Å². The summed E-state index contributed by atoms with van der Waals surface area (Å²) in [7, 11) is 0. The number of fused-ring (bicyclic) bond motifs is 2. The number of imide groups is 1. The quantitative estimate of drug-likeness (QED) is 0.289. The van der Waals surface area contributed by atoms with E-state index in [0.29, 0.717) is 35.6 Å². The average molecular weight is 570 g/mol. The van der Waals surface area contributed by atoms with Gasteiger partial charge in [0.2, 0.25) is 0 Å². The maximum absolute atomic E-state index is 13.1. The van der Waals surface area contributed by atoms with Crippen molar-refractivity contribution < 1.29 is 9.59 Å². The van der Waals surface area contributed by atoms with Gasteiger partial charge in [-0.15, -0.1) is 11.3 Å². The molecule has 202 valence electrons. The molecule has 1 saturated heterocycles. The number of nitrogens with zero attached hydrogens (tertiary/aromatic N) is 4. The van der Waals surface area contributed by atoms with Gasteiger partial charge in [0.25, 0.3) is 11.8 Å². The minimum absolute atomic E-state index is 0.135. The topological polar surface area (TPSA) is 91.0 Å². The molecule has 3 aromatic heterocycles. The van der Waals surface area contributed by atoms with E-state index in [1.165, 1.54) is 4.90 Å². The summed E-state index contributed by atoms with van der Waals surface area (Å²) in [6, 6.07) is 12.6. The first-order chi connectivity index (χ1) is 19.5. The van der Waals surface area contributed by atoms with Crippen LogP contribution in [0.1, 0.15) is 43.4 Å². The van der Waals surface area contributed by atoms with Crippen molar-refractivity contribution in [1.82, 2.24) is 19.8 Å². The van der Waals surface area contributed by atoms with Crippen LogP contribution in [-0.4, -0.2) is 39.4 Å². The molecule has 0 bridgehead atoms. The summed E-state index contributed by atoms with van der Waals surface area (Å²) in [5.74, 6) is -0.270. The zero-order valence-electron chi connectivity index (χ0n) is 22.0. The fourth-order valence-corrected chi connectivity index (χ4v) is 7.92. The lowest BCUT2D eigenvalue weighted by Crippen LogP contribution is -2.38. The van der Waals surface area contributed by atoms with E-state index in [4.69, 9.17) is 11.6 Å². The smallest absolute Gasteiger partial charge is 0.257 e. The second-order valence-electron chi connectivity index (χ2n) is 11.1. The maximum Gasteiger partial charge on any atom is 0.257 e. The number of carbonyl (C=O) groups is 2. The number of hydrogen-bond acceptors (Lipinski definition) is 6. The van der Waals surface area contributed by atoms with Crippen molar-refractivity contribution in [2.45, 2.75) is 51.6 Å². The van der Waals surface area contributed by atoms with Gasteiger partial charge in [-0.05, 0) is 81.9 Å². The van der Waals surface area contributed by atoms with Gasteiger partial charge in [0.05, 0.1) is 33.8 Å². The third-order valence-electron chi connectivity index (χ3n) is 8.64. The van der Waals surface area contributed by atoms with Crippen LogP contribution in [0.4, 0.5) is 0 Å². The number of piperidine rings is 1. The Morgan fingerprint density at radius 1 is 1.05 bits per heavy atom. The molecule has 3 aliphatic rings. The number of carbonyl (C=O) groups excluding carboxylic acids is 2. The molecule has 0 radical (unpaired) electrons. The summed E-state index contributed by atoms with van der Waals surface area (Å²) in [5.41, 5.74) is 4.86. The summed E-state index contributed by atoms with van der Waals surface area (Å²) in [6.07, 6.45) is 8.80. The third kappa shape index (κ3) is 4.15. The summed E-state index contributed by atoms with van der Waals surface area (Å²) in [6.45, 7) is 2.55. The second-order valence-corrected chi connectivity index (χ2v) is 12.7. The number of nitriles is 1. The average Bonchev–Trinajstić information content (AvgIpc) is 3.64. The van der Waals surface area contributed by atoms with E-state index in [0.717, 1.165) is 75.9 Å². The van der Waals surface area contributed by atoms with Crippen molar-refractivity contribution in [3.8, 4) is 17.2 Å². The fraction of sp³-hybridized carbons (Fsp3) is 0.355. The van der Waals surface area contributed by atoms with Crippen molar-refractivity contribution in [3.63, 3.8) is 0 Å². The minimum Gasteiger partial charge on any atom is -0.345 e. The highest BCUT2D eigenvalue weighted by Crippen LogP contribution is 2.41. The first-order valence-corrected chi connectivity index (χ1v) is 15.0. The highest BCUT2D eigenvalue weighted by atomic mass is 35.5. The number of thiophene rings is 1. The van der Waals surface area contributed by atoms with E-state index in [9.17, 15) is 14.9 Å². The SMILES string of the molecule is N#CC1(Cn2ccc3cc(Cl)cc(-c4ccnc5cc(CN6C(=O)C7=C(CCCC7)C6=O)sc45)c32)CCNCC1. The lowest BCUT2D eigenvalue weighted by atomic mass is 9.80. The molecule has 2 aliphatic heterocycles. The molecule has 0 saturated carbocycles. The molecule has 7 nitrogen and oxygen atoms in total.